The van der Waals surface area contributed by atoms with Crippen LogP contribution in [0, 0.1) is 11.3 Å². The summed E-state index contributed by atoms with van der Waals surface area (Å²) in [6, 6.07) is 23.8. The van der Waals surface area contributed by atoms with Gasteiger partial charge in [0.25, 0.3) is 5.56 Å². The van der Waals surface area contributed by atoms with Crippen molar-refractivity contribution in [3.05, 3.63) is 105 Å². The smallest absolute Gasteiger partial charge is 0.259 e. The minimum atomic E-state index is -0.243. The Kier molecular flexibility index (Phi) is 5.70. The fourth-order valence-electron chi connectivity index (χ4n) is 3.79. The molecule has 4 rings (SSSR count). The third-order valence-electron chi connectivity index (χ3n) is 5.30. The number of carbonyl (C=O) groups excluding carboxylic acids is 1. The second-order valence-electron chi connectivity index (χ2n) is 7.26. The maximum Gasteiger partial charge on any atom is 0.259 e. The second-order valence-corrected chi connectivity index (χ2v) is 7.69. The van der Waals surface area contributed by atoms with Crippen molar-refractivity contribution in [1.82, 2.24) is 4.57 Å². The van der Waals surface area contributed by atoms with Crippen molar-refractivity contribution >= 4 is 28.2 Å². The lowest BCUT2D eigenvalue weighted by Crippen LogP contribution is -2.28. The molecule has 0 unspecified atom stereocenters. The average Bonchev–Trinajstić information content (AvgIpc) is 2.81. The summed E-state index contributed by atoms with van der Waals surface area (Å²) in [6.45, 7) is 2.01. The Morgan fingerprint density at radius 3 is 2.35 bits per heavy atom. The number of ketones is 1. The number of hydrogen-bond donors (Lipinski definition) is 0. The van der Waals surface area contributed by atoms with Gasteiger partial charge >= 0.3 is 0 Å². The summed E-state index contributed by atoms with van der Waals surface area (Å²) < 4.78 is 1.55. The summed E-state index contributed by atoms with van der Waals surface area (Å²) in [4.78, 5) is 26.7. The van der Waals surface area contributed by atoms with Crippen LogP contribution in [0.5, 0.6) is 0 Å². The molecule has 4 aromatic rings. The van der Waals surface area contributed by atoms with Gasteiger partial charge in [-0.3, -0.25) is 14.2 Å². The Bertz CT molecular complexity index is 1380. The first-order valence-electron chi connectivity index (χ1n) is 9.97. The maximum absolute atomic E-state index is 13.5. The lowest BCUT2D eigenvalue weighted by atomic mass is 9.94. The minimum absolute atomic E-state index is 0.119. The molecule has 0 atom stereocenters. The van der Waals surface area contributed by atoms with Crippen LogP contribution in [0.25, 0.3) is 21.9 Å². The molecule has 31 heavy (non-hydrogen) atoms. The monoisotopic (exact) mass is 426 g/mol. The molecule has 152 valence electrons. The molecule has 0 aliphatic rings. The Labute approximate surface area is 185 Å². The Balaban J connectivity index is 2.08. The first kappa shape index (κ1) is 20.6. The van der Waals surface area contributed by atoms with E-state index < -0.39 is 0 Å². The zero-order valence-corrected chi connectivity index (χ0v) is 17.7. The van der Waals surface area contributed by atoms with E-state index in [9.17, 15) is 9.59 Å². The fraction of sp³-hybridized carbons (Fsp3) is 0.115. The molecule has 0 N–H and O–H groups in total. The van der Waals surface area contributed by atoms with Crippen LogP contribution in [0.15, 0.2) is 77.6 Å². The molecular weight excluding hydrogens is 408 g/mol. The van der Waals surface area contributed by atoms with Crippen LogP contribution in [-0.4, -0.2) is 10.4 Å². The maximum atomic E-state index is 13.5. The van der Waals surface area contributed by atoms with Crippen LogP contribution in [0.3, 0.4) is 0 Å². The molecule has 5 heteroatoms. The molecule has 0 aliphatic carbocycles. The number of fused-ring (bicyclic) bond motifs is 1. The molecule has 4 nitrogen and oxygen atoms in total. The largest absolute Gasteiger partial charge is 0.300 e. The number of halogens is 1. The summed E-state index contributed by atoms with van der Waals surface area (Å²) in [5, 5.41) is 10.7. The summed E-state index contributed by atoms with van der Waals surface area (Å²) >= 11 is 6.27. The van der Waals surface area contributed by atoms with Gasteiger partial charge in [0.05, 0.1) is 23.9 Å². The van der Waals surface area contributed by atoms with Gasteiger partial charge in [0.2, 0.25) is 0 Å². The molecule has 0 fully saturated rings. The molecular formula is C26H19ClN2O2. The molecule has 0 amide bonds. The standard InChI is InChI=1S/C26H19ClN2O2/c1-2-23(30)25-24(19-6-4-3-5-7-19)22-14-20(27)12-13-21(22)26(31)29(25)16-18-10-8-17(15-28)9-11-18/h3-14H,2,16H2,1H3. The number of aromatic nitrogens is 1. The van der Waals surface area contributed by atoms with E-state index in [1.807, 2.05) is 30.3 Å². The Morgan fingerprint density at radius 1 is 1.00 bits per heavy atom. The minimum Gasteiger partial charge on any atom is -0.300 e. The lowest BCUT2D eigenvalue weighted by molar-refractivity contribution is 0.0979. The molecule has 0 aliphatic heterocycles. The fourth-order valence-corrected chi connectivity index (χ4v) is 3.96. The van der Waals surface area contributed by atoms with E-state index in [2.05, 4.69) is 6.07 Å². The quantitative estimate of drug-likeness (QED) is 0.377. The number of carbonyl (C=O) groups is 1. The van der Waals surface area contributed by atoms with Crippen molar-refractivity contribution in [2.75, 3.05) is 0 Å². The topological polar surface area (TPSA) is 62.9 Å². The summed E-state index contributed by atoms with van der Waals surface area (Å²) in [5.74, 6) is -0.119. The van der Waals surface area contributed by atoms with Crippen LogP contribution < -0.4 is 5.56 Å². The van der Waals surface area contributed by atoms with Crippen molar-refractivity contribution in [2.24, 2.45) is 0 Å². The highest BCUT2D eigenvalue weighted by Gasteiger charge is 2.22. The van der Waals surface area contributed by atoms with Gasteiger partial charge in [0.15, 0.2) is 5.78 Å². The number of pyridine rings is 1. The number of Topliss-reactive ketones (excluding diaryl/α,β-unsaturated/α-hetero) is 1. The van der Waals surface area contributed by atoms with Gasteiger partial charge in [-0.05, 0) is 46.8 Å². The molecule has 0 saturated heterocycles. The van der Waals surface area contributed by atoms with E-state index in [-0.39, 0.29) is 24.3 Å². The zero-order valence-electron chi connectivity index (χ0n) is 16.9. The van der Waals surface area contributed by atoms with Gasteiger partial charge in [-0.25, -0.2) is 0 Å². The second kappa shape index (κ2) is 8.59. The predicted octanol–water partition coefficient (Wildman–Crippen LogP) is 5.83. The van der Waals surface area contributed by atoms with Crippen LogP contribution in [-0.2, 0) is 6.54 Å². The molecule has 1 heterocycles. The van der Waals surface area contributed by atoms with Crippen molar-refractivity contribution in [3.8, 4) is 17.2 Å². The van der Waals surface area contributed by atoms with E-state index in [0.717, 1.165) is 11.1 Å². The Hall–Kier alpha value is -3.68. The van der Waals surface area contributed by atoms with Crippen molar-refractivity contribution in [3.63, 3.8) is 0 Å². The van der Waals surface area contributed by atoms with E-state index in [1.54, 1.807) is 54.0 Å². The van der Waals surface area contributed by atoms with E-state index in [1.165, 1.54) is 0 Å². The van der Waals surface area contributed by atoms with Gasteiger partial charge < -0.3 is 0 Å². The molecule has 0 bridgehead atoms. The molecule has 0 radical (unpaired) electrons. The number of nitriles is 1. The van der Waals surface area contributed by atoms with Crippen LogP contribution in [0.4, 0.5) is 0 Å². The zero-order chi connectivity index (χ0) is 22.0. The molecule has 1 aromatic heterocycles. The lowest BCUT2D eigenvalue weighted by Gasteiger charge is -2.19. The van der Waals surface area contributed by atoms with Crippen LogP contribution in [0.2, 0.25) is 5.02 Å². The van der Waals surface area contributed by atoms with E-state index in [4.69, 9.17) is 16.9 Å². The highest BCUT2D eigenvalue weighted by atomic mass is 35.5. The first-order valence-corrected chi connectivity index (χ1v) is 10.3. The normalized spacial score (nSPS) is 10.7. The first-order chi connectivity index (χ1) is 15.0. The molecule has 3 aromatic carbocycles. The third-order valence-corrected chi connectivity index (χ3v) is 5.54. The predicted molar refractivity (Wildman–Crippen MR) is 124 cm³/mol. The van der Waals surface area contributed by atoms with Crippen LogP contribution in [0.1, 0.15) is 35.0 Å². The van der Waals surface area contributed by atoms with Gasteiger partial charge in [-0.2, -0.15) is 5.26 Å². The highest BCUT2D eigenvalue weighted by Crippen LogP contribution is 2.33. The van der Waals surface area contributed by atoms with Gasteiger partial charge in [-0.1, -0.05) is 61.0 Å². The third kappa shape index (κ3) is 3.88. The van der Waals surface area contributed by atoms with Gasteiger partial charge in [0, 0.05) is 22.4 Å². The molecule has 0 spiro atoms. The summed E-state index contributed by atoms with van der Waals surface area (Å²) in [6.07, 6.45) is 0.263. The number of nitrogens with zero attached hydrogens (tertiary/aromatic N) is 2. The van der Waals surface area contributed by atoms with Crippen molar-refractivity contribution in [1.29, 1.82) is 5.26 Å². The van der Waals surface area contributed by atoms with E-state index >= 15 is 0 Å². The SMILES string of the molecule is CCC(=O)c1c(-c2ccccc2)c2cc(Cl)ccc2c(=O)n1Cc1ccc(C#N)cc1. The van der Waals surface area contributed by atoms with Crippen molar-refractivity contribution in [2.45, 2.75) is 19.9 Å². The number of hydrogen-bond acceptors (Lipinski definition) is 3. The summed E-state index contributed by atoms with van der Waals surface area (Å²) in [7, 11) is 0. The van der Waals surface area contributed by atoms with E-state index in [0.29, 0.717) is 32.6 Å². The average molecular weight is 427 g/mol. The van der Waals surface area contributed by atoms with Crippen LogP contribution >= 0.6 is 11.6 Å². The number of benzene rings is 3. The highest BCUT2D eigenvalue weighted by molar-refractivity contribution is 6.31. The Morgan fingerprint density at radius 2 is 1.71 bits per heavy atom. The summed E-state index contributed by atoms with van der Waals surface area (Å²) in [5.41, 5.74) is 3.06. The number of rotatable bonds is 5. The van der Waals surface area contributed by atoms with Gasteiger partial charge in [0.1, 0.15) is 0 Å². The van der Waals surface area contributed by atoms with Gasteiger partial charge in [-0.15, -0.1) is 0 Å². The van der Waals surface area contributed by atoms with Crippen molar-refractivity contribution < 1.29 is 4.79 Å². The molecule has 0 saturated carbocycles.